The number of nitrogens with one attached hydrogen (secondary N) is 1. The fraction of sp³-hybridized carbons (Fsp3) is 0.444. The zero-order valence-electron chi connectivity index (χ0n) is 8.81. The summed E-state index contributed by atoms with van der Waals surface area (Å²) in [5.41, 5.74) is 1.04. The number of hydrogen-bond donors (Lipinski definition) is 1. The largest absolute Gasteiger partial charge is 0.271 e. The molecule has 80 valence electrons. The van der Waals surface area contributed by atoms with Gasteiger partial charge in [-0.25, -0.2) is 4.98 Å². The van der Waals surface area contributed by atoms with Crippen LogP contribution in [0.3, 0.4) is 0 Å². The van der Waals surface area contributed by atoms with Gasteiger partial charge >= 0.3 is 0 Å². The van der Waals surface area contributed by atoms with E-state index in [-0.39, 0.29) is 0 Å². The Morgan fingerprint density at radius 1 is 1.73 bits per heavy atom. The van der Waals surface area contributed by atoms with Crippen LogP contribution in [0.1, 0.15) is 25.5 Å². The molecule has 0 aliphatic heterocycles. The van der Waals surface area contributed by atoms with Gasteiger partial charge in [0, 0.05) is 5.38 Å². The third kappa shape index (κ3) is 3.53. The van der Waals surface area contributed by atoms with E-state index in [1.807, 2.05) is 17.8 Å². The lowest BCUT2D eigenvalue weighted by Crippen LogP contribution is -2.12. The van der Waals surface area contributed by atoms with E-state index in [1.165, 1.54) is 23.1 Å². The van der Waals surface area contributed by atoms with Crippen molar-refractivity contribution in [1.29, 1.82) is 5.26 Å². The highest BCUT2D eigenvalue weighted by Crippen LogP contribution is 2.24. The summed E-state index contributed by atoms with van der Waals surface area (Å²) in [6.45, 7) is 4.18. The average Bonchev–Trinajstić information content (AvgIpc) is 2.65. The molecule has 6 heteroatoms. The first-order chi connectivity index (χ1) is 7.17. The quantitative estimate of drug-likeness (QED) is 0.374. The van der Waals surface area contributed by atoms with Crippen molar-refractivity contribution in [2.24, 2.45) is 4.99 Å². The van der Waals surface area contributed by atoms with E-state index in [1.54, 1.807) is 0 Å². The molecule has 0 fully saturated rings. The van der Waals surface area contributed by atoms with Gasteiger partial charge in [-0.15, -0.1) is 11.3 Å². The van der Waals surface area contributed by atoms with Crippen LogP contribution >= 0.6 is 23.1 Å². The maximum absolute atomic E-state index is 8.47. The van der Waals surface area contributed by atoms with Crippen LogP contribution in [-0.4, -0.2) is 16.4 Å². The number of rotatable bonds is 2. The van der Waals surface area contributed by atoms with Crippen molar-refractivity contribution in [2.45, 2.75) is 19.8 Å². The van der Waals surface area contributed by atoms with Crippen molar-refractivity contribution < 1.29 is 0 Å². The molecule has 1 rings (SSSR count). The molecule has 0 unspecified atom stereocenters. The van der Waals surface area contributed by atoms with Gasteiger partial charge in [0.25, 0.3) is 0 Å². The standard InChI is InChI=1S/C9H12N4S2/c1-6(2)7-4-15-9(12-7)13-8(14-3)11-5-10/h4,6H,1-3H3,(H,11,12,13). The molecule has 0 spiro atoms. The van der Waals surface area contributed by atoms with E-state index in [0.29, 0.717) is 16.2 Å². The Balaban J connectivity index is 2.83. The van der Waals surface area contributed by atoms with Crippen LogP contribution in [0.25, 0.3) is 0 Å². The van der Waals surface area contributed by atoms with Crippen LogP contribution in [0, 0.1) is 11.5 Å². The maximum atomic E-state index is 8.47. The van der Waals surface area contributed by atoms with E-state index in [2.05, 4.69) is 29.1 Å². The van der Waals surface area contributed by atoms with Crippen LogP contribution in [0.2, 0.25) is 0 Å². The van der Waals surface area contributed by atoms with E-state index >= 15 is 0 Å². The molecule has 0 aliphatic carbocycles. The number of hydrogen-bond acceptors (Lipinski definition) is 5. The molecule has 1 aromatic rings. The molecule has 0 radical (unpaired) electrons. The van der Waals surface area contributed by atoms with Crippen molar-refractivity contribution >= 4 is 33.4 Å². The fourth-order valence-electron chi connectivity index (χ4n) is 0.852. The van der Waals surface area contributed by atoms with Gasteiger partial charge in [0.15, 0.2) is 11.4 Å². The first-order valence-electron chi connectivity index (χ1n) is 4.40. The number of amidine groups is 1. The highest BCUT2D eigenvalue weighted by Gasteiger charge is 2.05. The first kappa shape index (κ1) is 12.0. The highest BCUT2D eigenvalue weighted by molar-refractivity contribution is 8.13. The summed E-state index contributed by atoms with van der Waals surface area (Å²) in [6, 6.07) is 0. The average molecular weight is 240 g/mol. The van der Waals surface area contributed by atoms with E-state index in [0.717, 1.165) is 5.69 Å². The molecule has 0 aliphatic rings. The number of thioether (sulfide) groups is 1. The van der Waals surface area contributed by atoms with Crippen molar-refractivity contribution in [1.82, 2.24) is 10.3 Å². The topological polar surface area (TPSA) is 61.1 Å². The monoisotopic (exact) mass is 240 g/mol. The molecular weight excluding hydrogens is 228 g/mol. The summed E-state index contributed by atoms with van der Waals surface area (Å²) in [5, 5.41) is 14.2. The summed E-state index contributed by atoms with van der Waals surface area (Å²) in [4.78, 5) is 8.57. The number of aromatic nitrogens is 1. The van der Waals surface area contributed by atoms with E-state index in [4.69, 9.17) is 5.26 Å². The second-order valence-electron chi connectivity index (χ2n) is 3.07. The minimum atomic E-state index is 0.409. The lowest BCUT2D eigenvalue weighted by atomic mass is 10.2. The van der Waals surface area contributed by atoms with Crippen molar-refractivity contribution in [3.8, 4) is 6.19 Å². The van der Waals surface area contributed by atoms with Crippen molar-refractivity contribution in [3.05, 3.63) is 11.1 Å². The normalized spacial score (nSPS) is 11.5. The summed E-state index contributed by atoms with van der Waals surface area (Å²) >= 11 is 2.88. The van der Waals surface area contributed by atoms with Crippen LogP contribution in [0.4, 0.5) is 5.13 Å². The van der Waals surface area contributed by atoms with Gasteiger partial charge in [0.05, 0.1) is 5.69 Å². The van der Waals surface area contributed by atoms with Gasteiger partial charge in [-0.2, -0.15) is 10.3 Å². The second-order valence-corrected chi connectivity index (χ2v) is 4.70. The van der Waals surface area contributed by atoms with Crippen LogP contribution in [-0.2, 0) is 0 Å². The Morgan fingerprint density at radius 2 is 2.47 bits per heavy atom. The molecule has 0 saturated heterocycles. The van der Waals surface area contributed by atoms with E-state index in [9.17, 15) is 0 Å². The predicted molar refractivity (Wildman–Crippen MR) is 65.6 cm³/mol. The Bertz CT molecular complexity index is 389. The second kappa shape index (κ2) is 5.73. The van der Waals surface area contributed by atoms with Crippen LogP contribution in [0.5, 0.6) is 0 Å². The first-order valence-corrected chi connectivity index (χ1v) is 6.51. The number of aliphatic imine (C=N–C) groups is 1. The molecule has 15 heavy (non-hydrogen) atoms. The van der Waals surface area contributed by atoms with Gasteiger partial charge in [0.2, 0.25) is 5.13 Å². The summed E-state index contributed by atoms with van der Waals surface area (Å²) < 4.78 is 0. The lowest BCUT2D eigenvalue weighted by Gasteiger charge is -1.97. The zero-order chi connectivity index (χ0) is 11.3. The number of thiazole rings is 1. The molecule has 0 saturated carbocycles. The molecular formula is C9H12N4S2. The minimum absolute atomic E-state index is 0.409. The Labute approximate surface area is 97.4 Å². The molecule has 1 N–H and O–H groups in total. The van der Waals surface area contributed by atoms with Crippen molar-refractivity contribution in [3.63, 3.8) is 0 Å². The maximum Gasteiger partial charge on any atom is 0.211 e. The molecule has 0 amide bonds. The third-order valence-electron chi connectivity index (χ3n) is 1.65. The van der Waals surface area contributed by atoms with Gasteiger partial charge in [-0.3, -0.25) is 5.32 Å². The number of nitrogens with zero attached hydrogens (tertiary/aromatic N) is 3. The molecule has 0 bridgehead atoms. The van der Waals surface area contributed by atoms with E-state index < -0.39 is 0 Å². The summed E-state index contributed by atoms with van der Waals surface area (Å²) in [6.07, 6.45) is 3.71. The Morgan fingerprint density at radius 3 is 2.93 bits per heavy atom. The Kier molecular flexibility index (Phi) is 4.59. The molecule has 1 aromatic heterocycles. The van der Waals surface area contributed by atoms with Crippen LogP contribution in [0.15, 0.2) is 10.4 Å². The van der Waals surface area contributed by atoms with Crippen LogP contribution < -0.4 is 5.32 Å². The van der Waals surface area contributed by atoms with Gasteiger partial charge in [-0.1, -0.05) is 25.6 Å². The minimum Gasteiger partial charge on any atom is -0.271 e. The zero-order valence-corrected chi connectivity index (χ0v) is 10.4. The Hall–Kier alpha value is -1.06. The lowest BCUT2D eigenvalue weighted by molar-refractivity contribution is 0.833. The van der Waals surface area contributed by atoms with Gasteiger partial charge in [0.1, 0.15) is 0 Å². The summed E-state index contributed by atoms with van der Waals surface area (Å²) in [5.74, 6) is 0.409. The molecule has 0 atom stereocenters. The smallest absolute Gasteiger partial charge is 0.211 e. The van der Waals surface area contributed by atoms with Gasteiger partial charge in [-0.05, 0) is 12.2 Å². The fourth-order valence-corrected chi connectivity index (χ4v) is 2.09. The summed E-state index contributed by atoms with van der Waals surface area (Å²) in [7, 11) is 0. The molecule has 4 nitrogen and oxygen atoms in total. The van der Waals surface area contributed by atoms with Crippen molar-refractivity contribution in [2.75, 3.05) is 6.26 Å². The van der Waals surface area contributed by atoms with Gasteiger partial charge < -0.3 is 0 Å². The predicted octanol–water partition coefficient (Wildman–Crippen LogP) is 2.69. The third-order valence-corrected chi connectivity index (χ3v) is 2.99. The number of nitriles is 1. The molecule has 1 heterocycles. The highest BCUT2D eigenvalue weighted by atomic mass is 32.2. The SMILES string of the molecule is CS/C(=N/c1nc(C(C)C)cs1)NC#N. The molecule has 0 aromatic carbocycles.